The summed E-state index contributed by atoms with van der Waals surface area (Å²) in [7, 11) is 0. The number of rotatable bonds is 4. The van der Waals surface area contributed by atoms with E-state index in [1.165, 1.54) is 22.8 Å². The Morgan fingerprint density at radius 2 is 1.45 bits per heavy atom. The standard InChI is InChI=1S/C24H20F4O/c1-2-3-15-4-9-20-18(12-15)5-6-19-13-16(7-10-21(19)20)17-8-11-23(22(25)14-17)29-24(26,27)28/h4,7-14H,2-3,5-6H2,1H3. The van der Waals surface area contributed by atoms with Crippen LogP contribution >= 0.6 is 0 Å². The molecule has 0 aliphatic heterocycles. The summed E-state index contributed by atoms with van der Waals surface area (Å²) < 4.78 is 54.8. The first-order chi connectivity index (χ1) is 13.8. The van der Waals surface area contributed by atoms with Crippen molar-refractivity contribution in [1.29, 1.82) is 0 Å². The topological polar surface area (TPSA) is 9.23 Å². The Kier molecular flexibility index (Phi) is 5.07. The van der Waals surface area contributed by atoms with E-state index in [4.69, 9.17) is 0 Å². The molecule has 0 fully saturated rings. The van der Waals surface area contributed by atoms with Crippen LogP contribution in [0.5, 0.6) is 5.75 Å². The van der Waals surface area contributed by atoms with Crippen molar-refractivity contribution in [2.75, 3.05) is 0 Å². The number of hydrogen-bond acceptors (Lipinski definition) is 1. The molecule has 3 aromatic rings. The van der Waals surface area contributed by atoms with Gasteiger partial charge in [-0.05, 0) is 70.3 Å². The molecule has 1 aliphatic carbocycles. The number of benzene rings is 3. The Morgan fingerprint density at radius 1 is 0.828 bits per heavy atom. The molecule has 0 atom stereocenters. The van der Waals surface area contributed by atoms with Crippen LogP contribution < -0.4 is 4.74 Å². The maximum absolute atomic E-state index is 14.1. The van der Waals surface area contributed by atoms with E-state index in [1.54, 1.807) is 0 Å². The van der Waals surface area contributed by atoms with E-state index in [2.05, 4.69) is 29.9 Å². The predicted molar refractivity (Wildman–Crippen MR) is 105 cm³/mol. The minimum Gasteiger partial charge on any atom is -0.403 e. The van der Waals surface area contributed by atoms with E-state index in [-0.39, 0.29) is 0 Å². The van der Waals surface area contributed by atoms with Gasteiger partial charge in [0.15, 0.2) is 11.6 Å². The zero-order chi connectivity index (χ0) is 20.6. The summed E-state index contributed by atoms with van der Waals surface area (Å²) in [4.78, 5) is 0. The van der Waals surface area contributed by atoms with Crippen molar-refractivity contribution in [2.45, 2.75) is 39.0 Å². The van der Waals surface area contributed by atoms with Crippen molar-refractivity contribution in [2.24, 2.45) is 0 Å². The smallest absolute Gasteiger partial charge is 0.403 e. The van der Waals surface area contributed by atoms with Gasteiger partial charge in [0.1, 0.15) is 0 Å². The van der Waals surface area contributed by atoms with Gasteiger partial charge in [-0.25, -0.2) is 4.39 Å². The number of aryl methyl sites for hydroxylation is 3. The molecule has 0 heterocycles. The van der Waals surface area contributed by atoms with Gasteiger partial charge in [-0.1, -0.05) is 55.8 Å². The van der Waals surface area contributed by atoms with Crippen LogP contribution in [0.2, 0.25) is 0 Å². The van der Waals surface area contributed by atoms with Crippen LogP contribution in [0.1, 0.15) is 30.0 Å². The number of fused-ring (bicyclic) bond motifs is 3. The van der Waals surface area contributed by atoms with Crippen molar-refractivity contribution in [3.05, 3.63) is 77.1 Å². The molecule has 0 spiro atoms. The molecule has 150 valence electrons. The van der Waals surface area contributed by atoms with Gasteiger partial charge in [-0.15, -0.1) is 13.2 Å². The highest BCUT2D eigenvalue weighted by molar-refractivity contribution is 5.77. The molecular formula is C24H20F4O. The molecule has 5 heteroatoms. The molecule has 0 saturated heterocycles. The second kappa shape index (κ2) is 7.54. The highest BCUT2D eigenvalue weighted by atomic mass is 19.4. The summed E-state index contributed by atoms with van der Waals surface area (Å²) in [5.41, 5.74) is 7.53. The summed E-state index contributed by atoms with van der Waals surface area (Å²) in [5.74, 6) is -1.86. The Hall–Kier alpha value is -2.82. The number of alkyl halides is 3. The molecule has 3 aromatic carbocycles. The molecule has 0 unspecified atom stereocenters. The fourth-order valence-electron chi connectivity index (χ4n) is 3.96. The lowest BCUT2D eigenvalue weighted by atomic mass is 9.83. The van der Waals surface area contributed by atoms with Crippen LogP contribution in [0.4, 0.5) is 17.6 Å². The molecule has 0 saturated carbocycles. The summed E-state index contributed by atoms with van der Waals surface area (Å²) in [5, 5.41) is 0. The first-order valence-corrected chi connectivity index (χ1v) is 9.65. The van der Waals surface area contributed by atoms with Crippen LogP contribution in [0.25, 0.3) is 22.3 Å². The molecular weight excluding hydrogens is 380 g/mol. The molecule has 0 amide bonds. The quantitative estimate of drug-likeness (QED) is 0.424. The number of hydrogen-bond donors (Lipinski definition) is 0. The first-order valence-electron chi connectivity index (χ1n) is 9.65. The molecule has 1 aliphatic rings. The molecule has 0 bridgehead atoms. The molecule has 4 rings (SSSR count). The fourth-order valence-corrected chi connectivity index (χ4v) is 3.96. The van der Waals surface area contributed by atoms with Crippen LogP contribution in [-0.2, 0) is 19.3 Å². The molecule has 0 N–H and O–H groups in total. The van der Waals surface area contributed by atoms with E-state index in [0.717, 1.165) is 54.5 Å². The zero-order valence-corrected chi connectivity index (χ0v) is 15.9. The van der Waals surface area contributed by atoms with E-state index in [1.807, 2.05) is 18.2 Å². The molecule has 29 heavy (non-hydrogen) atoms. The van der Waals surface area contributed by atoms with Gasteiger partial charge in [-0.2, -0.15) is 0 Å². The van der Waals surface area contributed by atoms with Crippen LogP contribution in [0, 0.1) is 5.82 Å². The minimum atomic E-state index is -4.92. The fraction of sp³-hybridized carbons (Fsp3) is 0.250. The highest BCUT2D eigenvalue weighted by Gasteiger charge is 2.32. The first kappa shape index (κ1) is 19.5. The number of halogens is 4. The molecule has 1 nitrogen and oxygen atoms in total. The van der Waals surface area contributed by atoms with E-state index in [0.29, 0.717) is 5.56 Å². The Labute approximate surface area is 167 Å². The average molecular weight is 400 g/mol. The predicted octanol–water partition coefficient (Wildman–Crippen LogP) is 7.11. The van der Waals surface area contributed by atoms with Gasteiger partial charge in [0.25, 0.3) is 0 Å². The summed E-state index contributed by atoms with van der Waals surface area (Å²) in [6.07, 6.45) is -0.918. The maximum Gasteiger partial charge on any atom is 0.573 e. The Balaban J connectivity index is 1.65. The van der Waals surface area contributed by atoms with Crippen molar-refractivity contribution >= 4 is 0 Å². The molecule has 0 radical (unpaired) electrons. The van der Waals surface area contributed by atoms with Crippen molar-refractivity contribution < 1.29 is 22.3 Å². The monoisotopic (exact) mass is 400 g/mol. The summed E-state index contributed by atoms with van der Waals surface area (Å²) >= 11 is 0. The van der Waals surface area contributed by atoms with E-state index >= 15 is 0 Å². The summed E-state index contributed by atoms with van der Waals surface area (Å²) in [6.45, 7) is 2.17. The number of ether oxygens (including phenoxy) is 1. The second-order valence-electron chi connectivity index (χ2n) is 7.31. The van der Waals surface area contributed by atoms with Crippen LogP contribution in [0.15, 0.2) is 54.6 Å². The minimum absolute atomic E-state index is 0.518. The van der Waals surface area contributed by atoms with Crippen LogP contribution in [-0.4, -0.2) is 6.36 Å². The van der Waals surface area contributed by atoms with Gasteiger partial charge < -0.3 is 4.74 Å². The van der Waals surface area contributed by atoms with Gasteiger partial charge in [0, 0.05) is 0 Å². The third-order valence-electron chi connectivity index (χ3n) is 5.26. The van der Waals surface area contributed by atoms with Gasteiger partial charge >= 0.3 is 6.36 Å². The van der Waals surface area contributed by atoms with Crippen molar-refractivity contribution in [3.8, 4) is 28.0 Å². The zero-order valence-electron chi connectivity index (χ0n) is 15.9. The highest BCUT2D eigenvalue weighted by Crippen LogP contribution is 2.37. The van der Waals surface area contributed by atoms with Gasteiger partial charge in [0.2, 0.25) is 0 Å². The lowest BCUT2D eigenvalue weighted by Crippen LogP contribution is -2.17. The molecule has 0 aromatic heterocycles. The Morgan fingerprint density at radius 3 is 2.10 bits per heavy atom. The third kappa shape index (κ3) is 4.14. The SMILES string of the molecule is CCCc1ccc2c(c1)CCc1cc(-c3ccc(OC(F)(F)F)c(F)c3)ccc1-2. The maximum atomic E-state index is 14.1. The Bertz CT molecular complexity index is 1050. The van der Waals surface area contributed by atoms with E-state index < -0.39 is 17.9 Å². The van der Waals surface area contributed by atoms with Gasteiger partial charge in [0.05, 0.1) is 0 Å². The van der Waals surface area contributed by atoms with Crippen molar-refractivity contribution in [1.82, 2.24) is 0 Å². The van der Waals surface area contributed by atoms with Crippen molar-refractivity contribution in [3.63, 3.8) is 0 Å². The van der Waals surface area contributed by atoms with E-state index in [9.17, 15) is 17.6 Å². The van der Waals surface area contributed by atoms with Crippen LogP contribution in [0.3, 0.4) is 0 Å². The second-order valence-corrected chi connectivity index (χ2v) is 7.31. The lowest BCUT2D eigenvalue weighted by Gasteiger charge is -2.21. The third-order valence-corrected chi connectivity index (χ3v) is 5.26. The lowest BCUT2D eigenvalue weighted by molar-refractivity contribution is -0.275. The largest absolute Gasteiger partial charge is 0.573 e. The summed E-state index contributed by atoms with van der Waals surface area (Å²) in [6, 6.07) is 16.0. The van der Waals surface area contributed by atoms with Gasteiger partial charge in [-0.3, -0.25) is 0 Å². The average Bonchev–Trinajstić information content (AvgIpc) is 2.68. The normalized spacial score (nSPS) is 13.0.